The molecule has 3 amide bonds. The highest BCUT2D eigenvalue weighted by Gasteiger charge is 2.36. The van der Waals surface area contributed by atoms with Crippen LogP contribution in [0.2, 0.25) is 0 Å². The molecule has 0 saturated carbocycles. The molecule has 1 aliphatic rings. The van der Waals surface area contributed by atoms with Gasteiger partial charge in [0, 0.05) is 13.1 Å². The standard InChI is InChI=1S/C22H32N6O6/c1-14(18(29)27-16(20(31)32)9-5-11-25-21(23)24)26-19(30)17-10-6-12-28(17)22(33)34-13-15-7-3-2-4-8-15/h2-4,7-8,14,16-17H,5-6,9-13H2,1H3,(H,26,30)(H,27,29)(H,31,32)(H4,23,24,25)/t14-,16-,17-/m0/s1. The van der Waals surface area contributed by atoms with E-state index < -0.39 is 42.0 Å². The average Bonchev–Trinajstić information content (AvgIpc) is 3.30. The number of guanidine groups is 1. The summed E-state index contributed by atoms with van der Waals surface area (Å²) in [6.07, 6.45) is 0.907. The number of benzene rings is 1. The van der Waals surface area contributed by atoms with E-state index >= 15 is 0 Å². The fourth-order valence-corrected chi connectivity index (χ4v) is 3.49. The first kappa shape index (κ1) is 26.4. The Morgan fingerprint density at radius 1 is 1.21 bits per heavy atom. The molecular weight excluding hydrogens is 444 g/mol. The number of carboxylic acid groups (broad SMARTS) is 1. The van der Waals surface area contributed by atoms with Gasteiger partial charge in [-0.2, -0.15) is 0 Å². The minimum absolute atomic E-state index is 0.0864. The van der Waals surface area contributed by atoms with Crippen molar-refractivity contribution < 1.29 is 29.0 Å². The van der Waals surface area contributed by atoms with Gasteiger partial charge in [0.2, 0.25) is 11.8 Å². The molecule has 1 fully saturated rings. The maximum atomic E-state index is 12.7. The van der Waals surface area contributed by atoms with Gasteiger partial charge in [0.05, 0.1) is 0 Å². The number of likely N-dealkylation sites (tertiary alicyclic amines) is 1. The van der Waals surface area contributed by atoms with Crippen LogP contribution in [0.25, 0.3) is 0 Å². The summed E-state index contributed by atoms with van der Waals surface area (Å²) in [5.41, 5.74) is 11.3. The first-order valence-electron chi connectivity index (χ1n) is 11.0. The van der Waals surface area contributed by atoms with Crippen molar-refractivity contribution in [1.82, 2.24) is 15.5 Å². The summed E-state index contributed by atoms with van der Waals surface area (Å²) in [6.45, 7) is 2.12. The molecule has 12 heteroatoms. The number of aliphatic carboxylic acids is 1. The Balaban J connectivity index is 1.86. The molecule has 0 aromatic heterocycles. The molecule has 0 radical (unpaired) electrons. The van der Waals surface area contributed by atoms with Crippen molar-refractivity contribution >= 4 is 29.8 Å². The van der Waals surface area contributed by atoms with Crippen molar-refractivity contribution in [1.29, 1.82) is 0 Å². The van der Waals surface area contributed by atoms with Gasteiger partial charge in [-0.25, -0.2) is 9.59 Å². The number of carbonyl (C=O) groups is 4. The predicted molar refractivity (Wildman–Crippen MR) is 123 cm³/mol. The van der Waals surface area contributed by atoms with Crippen LogP contribution in [0, 0.1) is 0 Å². The van der Waals surface area contributed by atoms with Crippen molar-refractivity contribution in [3.05, 3.63) is 35.9 Å². The summed E-state index contributed by atoms with van der Waals surface area (Å²) in [4.78, 5) is 54.3. The average molecular weight is 477 g/mol. The minimum atomic E-state index is -1.21. The number of nitrogens with two attached hydrogens (primary N) is 2. The van der Waals surface area contributed by atoms with E-state index in [9.17, 15) is 24.3 Å². The van der Waals surface area contributed by atoms with Crippen LogP contribution in [0.5, 0.6) is 0 Å². The van der Waals surface area contributed by atoms with Crippen LogP contribution in [0.4, 0.5) is 4.79 Å². The number of rotatable bonds is 11. The second kappa shape index (κ2) is 13.0. The lowest BCUT2D eigenvalue weighted by Gasteiger charge is -2.25. The lowest BCUT2D eigenvalue weighted by atomic mass is 10.1. The zero-order valence-corrected chi connectivity index (χ0v) is 19.1. The summed E-state index contributed by atoms with van der Waals surface area (Å²) >= 11 is 0. The molecule has 12 nitrogen and oxygen atoms in total. The number of hydrogen-bond acceptors (Lipinski definition) is 6. The van der Waals surface area contributed by atoms with Crippen molar-refractivity contribution in [2.24, 2.45) is 16.5 Å². The van der Waals surface area contributed by atoms with Crippen LogP contribution in [0.15, 0.2) is 35.3 Å². The first-order chi connectivity index (χ1) is 16.2. The number of carboxylic acids is 1. The Morgan fingerprint density at radius 2 is 1.91 bits per heavy atom. The molecule has 0 spiro atoms. The lowest BCUT2D eigenvalue weighted by molar-refractivity contribution is -0.142. The summed E-state index contributed by atoms with van der Waals surface area (Å²) in [5, 5.41) is 14.3. The zero-order valence-electron chi connectivity index (χ0n) is 19.1. The summed E-state index contributed by atoms with van der Waals surface area (Å²) in [7, 11) is 0. The highest BCUT2D eigenvalue weighted by Crippen LogP contribution is 2.19. The number of amides is 3. The molecule has 34 heavy (non-hydrogen) atoms. The Bertz CT molecular complexity index is 889. The van der Waals surface area contributed by atoms with E-state index in [0.29, 0.717) is 25.8 Å². The molecule has 7 N–H and O–H groups in total. The van der Waals surface area contributed by atoms with Gasteiger partial charge in [-0.3, -0.25) is 19.5 Å². The quantitative estimate of drug-likeness (QED) is 0.166. The van der Waals surface area contributed by atoms with Gasteiger partial charge in [-0.1, -0.05) is 30.3 Å². The van der Waals surface area contributed by atoms with Crippen molar-refractivity contribution in [3.63, 3.8) is 0 Å². The summed E-state index contributed by atoms with van der Waals surface area (Å²) < 4.78 is 5.32. The smallest absolute Gasteiger partial charge is 0.410 e. The van der Waals surface area contributed by atoms with E-state index in [1.54, 1.807) is 0 Å². The van der Waals surface area contributed by atoms with E-state index in [0.717, 1.165) is 5.56 Å². The molecule has 3 atom stereocenters. The largest absolute Gasteiger partial charge is 0.480 e. The van der Waals surface area contributed by atoms with Crippen LogP contribution < -0.4 is 22.1 Å². The number of nitrogens with one attached hydrogen (secondary N) is 2. The number of nitrogens with zero attached hydrogens (tertiary/aromatic N) is 2. The number of hydrogen-bond donors (Lipinski definition) is 5. The molecule has 186 valence electrons. The van der Waals surface area contributed by atoms with Gasteiger partial charge in [-0.05, 0) is 38.2 Å². The van der Waals surface area contributed by atoms with Crippen LogP contribution in [0.1, 0.15) is 38.2 Å². The molecule has 0 unspecified atom stereocenters. The molecule has 1 aliphatic heterocycles. The Kier molecular flexibility index (Phi) is 10.1. The second-order valence-electron chi connectivity index (χ2n) is 7.97. The van der Waals surface area contributed by atoms with Gasteiger partial charge in [0.15, 0.2) is 5.96 Å². The third kappa shape index (κ3) is 8.26. The zero-order chi connectivity index (χ0) is 25.1. The highest BCUT2D eigenvalue weighted by molar-refractivity contribution is 5.92. The topological polar surface area (TPSA) is 189 Å². The maximum Gasteiger partial charge on any atom is 0.410 e. The lowest BCUT2D eigenvalue weighted by Crippen LogP contribution is -2.54. The molecule has 1 aromatic rings. The van der Waals surface area contributed by atoms with E-state index in [1.165, 1.54) is 11.8 Å². The Hall–Kier alpha value is -3.83. The van der Waals surface area contributed by atoms with Gasteiger partial charge in [-0.15, -0.1) is 0 Å². The van der Waals surface area contributed by atoms with E-state index in [4.69, 9.17) is 16.2 Å². The molecular formula is C22H32N6O6. The van der Waals surface area contributed by atoms with Crippen LogP contribution in [-0.4, -0.2) is 71.1 Å². The Labute approximate surface area is 197 Å². The van der Waals surface area contributed by atoms with E-state index in [2.05, 4.69) is 15.6 Å². The molecule has 1 saturated heterocycles. The fourth-order valence-electron chi connectivity index (χ4n) is 3.49. The monoisotopic (exact) mass is 476 g/mol. The molecule has 0 aliphatic carbocycles. The molecule has 1 heterocycles. The van der Waals surface area contributed by atoms with Gasteiger partial charge >= 0.3 is 12.1 Å². The van der Waals surface area contributed by atoms with Crippen LogP contribution in [-0.2, 0) is 25.7 Å². The number of aliphatic imine (C=N–C) groups is 1. The summed E-state index contributed by atoms with van der Waals surface area (Å²) in [5.74, 6) is -2.47. The van der Waals surface area contributed by atoms with Crippen molar-refractivity contribution in [2.45, 2.75) is 57.3 Å². The van der Waals surface area contributed by atoms with Crippen molar-refractivity contribution in [3.8, 4) is 0 Å². The SMILES string of the molecule is C[C@H](NC(=O)[C@@H]1CCCN1C(=O)OCc1ccccc1)C(=O)N[C@@H](CCCN=C(N)N)C(=O)O. The normalized spacial score (nSPS) is 16.7. The van der Waals surface area contributed by atoms with E-state index in [1.807, 2.05) is 30.3 Å². The van der Waals surface area contributed by atoms with Gasteiger partial charge in [0.1, 0.15) is 24.7 Å². The Morgan fingerprint density at radius 3 is 2.56 bits per heavy atom. The molecule has 1 aromatic carbocycles. The maximum absolute atomic E-state index is 12.7. The summed E-state index contributed by atoms with van der Waals surface area (Å²) in [6, 6.07) is 6.25. The van der Waals surface area contributed by atoms with Gasteiger partial charge in [0.25, 0.3) is 0 Å². The van der Waals surface area contributed by atoms with E-state index in [-0.39, 0.29) is 25.5 Å². The second-order valence-corrected chi connectivity index (χ2v) is 7.97. The first-order valence-corrected chi connectivity index (χ1v) is 11.0. The number of carbonyl (C=O) groups excluding carboxylic acids is 3. The van der Waals surface area contributed by atoms with Crippen LogP contribution in [0.3, 0.4) is 0 Å². The predicted octanol–water partition coefficient (Wildman–Crippen LogP) is -0.0847. The third-order valence-corrected chi connectivity index (χ3v) is 5.31. The molecule has 0 bridgehead atoms. The number of ether oxygens (including phenoxy) is 1. The molecule has 2 rings (SSSR count). The minimum Gasteiger partial charge on any atom is -0.480 e. The fraction of sp³-hybridized carbons (Fsp3) is 0.500. The van der Waals surface area contributed by atoms with Gasteiger partial charge < -0.3 is 31.9 Å². The highest BCUT2D eigenvalue weighted by atomic mass is 16.6. The third-order valence-electron chi connectivity index (χ3n) is 5.31. The van der Waals surface area contributed by atoms with Crippen molar-refractivity contribution in [2.75, 3.05) is 13.1 Å². The van der Waals surface area contributed by atoms with Crippen LogP contribution >= 0.6 is 0 Å².